The Morgan fingerprint density at radius 1 is 1.82 bits per heavy atom. The molecule has 1 aromatic rings. The van der Waals surface area contributed by atoms with Crippen molar-refractivity contribution in [2.45, 2.75) is 6.92 Å². The van der Waals surface area contributed by atoms with Gasteiger partial charge in [0.1, 0.15) is 0 Å². The molecular formula is C6H7BO3S. The Morgan fingerprint density at radius 2 is 2.55 bits per heavy atom. The number of thiophene rings is 1. The lowest BCUT2D eigenvalue weighted by molar-refractivity contribution is -0.132. The molecule has 0 aliphatic carbocycles. The van der Waals surface area contributed by atoms with Crippen LogP contribution in [-0.2, 0) is 9.45 Å². The van der Waals surface area contributed by atoms with Gasteiger partial charge in [0.25, 0.3) is 5.97 Å². The quantitative estimate of drug-likeness (QED) is 0.635. The molecule has 0 spiro atoms. The Labute approximate surface area is 68.8 Å². The van der Waals surface area contributed by atoms with Crippen molar-refractivity contribution >= 4 is 29.2 Å². The van der Waals surface area contributed by atoms with E-state index in [0.29, 0.717) is 4.78 Å². The van der Waals surface area contributed by atoms with Crippen LogP contribution in [0.15, 0.2) is 17.5 Å². The summed E-state index contributed by atoms with van der Waals surface area (Å²) in [6, 6.07) is 3.49. The monoisotopic (exact) mass is 170 g/mol. The third-order valence-corrected chi connectivity index (χ3v) is 1.97. The molecule has 3 nitrogen and oxygen atoms in total. The fraction of sp³-hybridized carbons (Fsp3) is 0.167. The van der Waals surface area contributed by atoms with Crippen molar-refractivity contribution in [3.63, 3.8) is 0 Å². The van der Waals surface area contributed by atoms with E-state index in [0.717, 1.165) is 0 Å². The average Bonchev–Trinajstić information content (AvgIpc) is 2.35. The topological polar surface area (TPSA) is 46.5 Å². The van der Waals surface area contributed by atoms with Crippen LogP contribution in [-0.4, -0.2) is 18.1 Å². The Hall–Kier alpha value is -0.805. The molecule has 0 aliphatic heterocycles. The molecule has 0 atom stereocenters. The fourth-order valence-corrected chi connectivity index (χ4v) is 1.28. The zero-order valence-electron chi connectivity index (χ0n) is 5.98. The van der Waals surface area contributed by atoms with Crippen molar-refractivity contribution in [3.05, 3.63) is 17.5 Å². The minimum atomic E-state index is -1.10. The van der Waals surface area contributed by atoms with E-state index in [4.69, 9.17) is 5.02 Å². The van der Waals surface area contributed by atoms with Crippen molar-refractivity contribution in [2.24, 2.45) is 0 Å². The highest BCUT2D eigenvalue weighted by molar-refractivity contribution is 7.20. The average molecular weight is 170 g/mol. The van der Waals surface area contributed by atoms with Crippen molar-refractivity contribution in [1.29, 1.82) is 0 Å². The Kier molecular flexibility index (Phi) is 2.67. The molecule has 1 rings (SSSR count). The standard InChI is InChI=1S/C6H7BO3S/c1-5(8)10-7(9)6-3-2-4-11-6/h2-4,9H,1H3. The Morgan fingerprint density at radius 3 is 3.00 bits per heavy atom. The van der Waals surface area contributed by atoms with E-state index in [-0.39, 0.29) is 0 Å². The maximum Gasteiger partial charge on any atom is 0.572 e. The first-order valence-corrected chi connectivity index (χ1v) is 3.97. The van der Waals surface area contributed by atoms with Crippen LogP contribution in [0, 0.1) is 0 Å². The summed E-state index contributed by atoms with van der Waals surface area (Å²) in [5, 5.41) is 11.0. The maximum atomic E-state index is 10.4. The SMILES string of the molecule is CC(=O)OB(O)c1cccs1. The molecule has 11 heavy (non-hydrogen) atoms. The van der Waals surface area contributed by atoms with Gasteiger partial charge in [-0.05, 0) is 5.38 Å². The molecule has 0 aromatic carbocycles. The predicted molar refractivity (Wildman–Crippen MR) is 43.7 cm³/mol. The van der Waals surface area contributed by atoms with Crippen molar-refractivity contribution in [2.75, 3.05) is 0 Å². The molecule has 1 N–H and O–H groups in total. The lowest BCUT2D eigenvalue weighted by Crippen LogP contribution is -2.32. The molecule has 0 amide bonds. The van der Waals surface area contributed by atoms with Crippen LogP contribution in [0.4, 0.5) is 0 Å². The third-order valence-electron chi connectivity index (χ3n) is 1.06. The second kappa shape index (κ2) is 3.55. The molecule has 0 fully saturated rings. The van der Waals surface area contributed by atoms with Crippen LogP contribution >= 0.6 is 11.3 Å². The van der Waals surface area contributed by atoms with Gasteiger partial charge in [0.15, 0.2) is 0 Å². The molecule has 1 heterocycles. The first-order chi connectivity index (χ1) is 5.20. The van der Waals surface area contributed by atoms with E-state index >= 15 is 0 Å². The number of carbonyl (C=O) groups excluding carboxylic acids is 1. The maximum absolute atomic E-state index is 10.4. The molecule has 58 valence electrons. The van der Waals surface area contributed by atoms with E-state index in [9.17, 15) is 4.79 Å². The largest absolute Gasteiger partial charge is 0.572 e. The highest BCUT2D eigenvalue weighted by Crippen LogP contribution is 1.95. The van der Waals surface area contributed by atoms with Gasteiger partial charge in [0.05, 0.1) is 0 Å². The molecular weight excluding hydrogens is 163 g/mol. The molecule has 0 saturated heterocycles. The first kappa shape index (κ1) is 8.29. The van der Waals surface area contributed by atoms with E-state index in [2.05, 4.69) is 4.65 Å². The van der Waals surface area contributed by atoms with Crippen molar-refractivity contribution in [1.82, 2.24) is 0 Å². The molecule has 0 aliphatic rings. The lowest BCUT2D eigenvalue weighted by Gasteiger charge is -2.01. The van der Waals surface area contributed by atoms with Gasteiger partial charge < -0.3 is 9.68 Å². The van der Waals surface area contributed by atoms with E-state index in [1.54, 1.807) is 12.1 Å². The first-order valence-electron chi connectivity index (χ1n) is 3.09. The summed E-state index contributed by atoms with van der Waals surface area (Å²) in [7, 11) is -1.10. The van der Waals surface area contributed by atoms with Gasteiger partial charge in [-0.3, -0.25) is 4.79 Å². The van der Waals surface area contributed by atoms with E-state index in [1.807, 2.05) is 5.38 Å². The lowest BCUT2D eigenvalue weighted by atomic mass is 9.89. The molecule has 0 radical (unpaired) electrons. The van der Waals surface area contributed by atoms with Crippen molar-refractivity contribution < 1.29 is 14.5 Å². The number of rotatable bonds is 2. The summed E-state index contributed by atoms with van der Waals surface area (Å²) in [6.07, 6.45) is 0. The summed E-state index contributed by atoms with van der Waals surface area (Å²) in [5.74, 6) is -0.481. The van der Waals surface area contributed by atoms with Gasteiger partial charge in [-0.15, -0.1) is 0 Å². The smallest absolute Gasteiger partial charge is 0.506 e. The summed E-state index contributed by atoms with van der Waals surface area (Å²) in [4.78, 5) is 10.4. The third kappa shape index (κ3) is 2.36. The van der Waals surface area contributed by atoms with Gasteiger partial charge in [-0.25, -0.2) is 0 Å². The minimum Gasteiger partial charge on any atom is -0.506 e. The van der Waals surface area contributed by atoms with Crippen LogP contribution in [0.2, 0.25) is 0 Å². The van der Waals surface area contributed by atoms with Gasteiger partial charge in [0, 0.05) is 11.7 Å². The second-order valence-corrected chi connectivity index (χ2v) is 2.96. The number of carbonyl (C=O) groups is 1. The van der Waals surface area contributed by atoms with Gasteiger partial charge in [-0.1, -0.05) is 12.1 Å². The van der Waals surface area contributed by atoms with Crippen molar-refractivity contribution in [3.8, 4) is 0 Å². The summed E-state index contributed by atoms with van der Waals surface area (Å²) >= 11 is 1.35. The predicted octanol–water partition coefficient (Wildman–Crippen LogP) is -0.00130. The molecule has 0 unspecified atom stereocenters. The number of hydrogen-bond acceptors (Lipinski definition) is 4. The number of hydrogen-bond donors (Lipinski definition) is 1. The van der Waals surface area contributed by atoms with Crippen LogP contribution in [0.5, 0.6) is 0 Å². The van der Waals surface area contributed by atoms with Gasteiger partial charge in [-0.2, -0.15) is 11.3 Å². The molecule has 5 heteroatoms. The fourth-order valence-electron chi connectivity index (χ4n) is 0.647. The highest BCUT2D eigenvalue weighted by Gasteiger charge is 2.20. The molecule has 1 aromatic heterocycles. The van der Waals surface area contributed by atoms with Gasteiger partial charge >= 0.3 is 7.12 Å². The zero-order valence-corrected chi connectivity index (χ0v) is 6.80. The van der Waals surface area contributed by atoms with Crippen LogP contribution < -0.4 is 4.78 Å². The van der Waals surface area contributed by atoms with Crippen LogP contribution in [0.25, 0.3) is 0 Å². The minimum absolute atomic E-state index is 0.481. The zero-order chi connectivity index (χ0) is 8.27. The summed E-state index contributed by atoms with van der Waals surface area (Å²) < 4.78 is 5.16. The normalized spacial score (nSPS) is 9.27. The van der Waals surface area contributed by atoms with E-state index in [1.165, 1.54) is 18.3 Å². The molecule has 0 bridgehead atoms. The summed E-state index contributed by atoms with van der Waals surface area (Å²) in [6.45, 7) is 1.26. The van der Waals surface area contributed by atoms with Gasteiger partial charge in [0.2, 0.25) is 0 Å². The highest BCUT2D eigenvalue weighted by atomic mass is 32.1. The second-order valence-electron chi connectivity index (χ2n) is 1.98. The van der Waals surface area contributed by atoms with Crippen LogP contribution in [0.1, 0.15) is 6.92 Å². The Bertz CT molecular complexity index is 234. The summed E-state index contributed by atoms with van der Waals surface area (Å²) in [5.41, 5.74) is 0. The Balaban J connectivity index is 2.56. The van der Waals surface area contributed by atoms with Crippen LogP contribution in [0.3, 0.4) is 0 Å². The molecule has 0 saturated carbocycles. The van der Waals surface area contributed by atoms with E-state index < -0.39 is 13.1 Å².